The zero-order valence-electron chi connectivity index (χ0n) is 11.0. The Balaban J connectivity index is 2.35. The maximum Gasteiger partial charge on any atom is 0.0292 e. The highest BCUT2D eigenvalue weighted by Gasteiger charge is 2.03. The summed E-state index contributed by atoms with van der Waals surface area (Å²) in [7, 11) is 2.15. The molecule has 0 fully saturated rings. The van der Waals surface area contributed by atoms with Crippen molar-refractivity contribution in [2.24, 2.45) is 0 Å². The molecule has 0 spiro atoms. The van der Waals surface area contributed by atoms with Crippen LogP contribution in [0.4, 0.5) is 0 Å². The van der Waals surface area contributed by atoms with Gasteiger partial charge in [-0.3, -0.25) is 0 Å². The summed E-state index contributed by atoms with van der Waals surface area (Å²) >= 11 is 0. The van der Waals surface area contributed by atoms with Gasteiger partial charge >= 0.3 is 0 Å². The first-order chi connectivity index (χ1) is 7.63. The number of nitrogens with zero attached hydrogens (tertiary/aromatic N) is 1. The summed E-state index contributed by atoms with van der Waals surface area (Å²) in [5, 5.41) is 3.54. The van der Waals surface area contributed by atoms with Crippen molar-refractivity contribution in [1.29, 1.82) is 0 Å². The van der Waals surface area contributed by atoms with E-state index in [0.717, 1.165) is 19.6 Å². The van der Waals surface area contributed by atoms with E-state index in [1.807, 2.05) is 0 Å². The number of aryl methyl sites for hydroxylation is 1. The third-order valence-electron chi connectivity index (χ3n) is 3.06. The summed E-state index contributed by atoms with van der Waals surface area (Å²) < 4.78 is 0. The van der Waals surface area contributed by atoms with Crippen LogP contribution in [0, 0.1) is 6.92 Å². The van der Waals surface area contributed by atoms with Gasteiger partial charge in [0.2, 0.25) is 0 Å². The van der Waals surface area contributed by atoms with E-state index in [1.165, 1.54) is 11.1 Å². The summed E-state index contributed by atoms with van der Waals surface area (Å²) in [6.45, 7) is 9.78. The molecular weight excluding hydrogens is 196 g/mol. The lowest BCUT2D eigenvalue weighted by Crippen LogP contribution is -2.30. The normalized spacial score (nSPS) is 13.1. The third kappa shape index (κ3) is 4.33. The molecule has 0 saturated heterocycles. The van der Waals surface area contributed by atoms with E-state index in [0.29, 0.717) is 6.04 Å². The van der Waals surface area contributed by atoms with Crippen LogP contribution in [0.5, 0.6) is 0 Å². The molecule has 16 heavy (non-hydrogen) atoms. The molecule has 0 saturated carbocycles. The molecule has 0 bridgehead atoms. The van der Waals surface area contributed by atoms with Crippen LogP contribution in [0.3, 0.4) is 0 Å². The van der Waals surface area contributed by atoms with Crippen molar-refractivity contribution in [2.45, 2.75) is 26.8 Å². The summed E-state index contributed by atoms with van der Waals surface area (Å²) in [6.07, 6.45) is 0. The topological polar surface area (TPSA) is 15.3 Å². The molecule has 2 heteroatoms. The van der Waals surface area contributed by atoms with E-state index < -0.39 is 0 Å². The fourth-order valence-electron chi connectivity index (χ4n) is 1.60. The molecule has 1 aromatic rings. The maximum atomic E-state index is 3.54. The molecule has 0 aliphatic rings. The van der Waals surface area contributed by atoms with Gasteiger partial charge in [-0.2, -0.15) is 0 Å². The zero-order valence-corrected chi connectivity index (χ0v) is 11.0. The highest BCUT2D eigenvalue weighted by molar-refractivity contribution is 5.23. The van der Waals surface area contributed by atoms with E-state index in [-0.39, 0.29) is 0 Å². The Morgan fingerprint density at radius 1 is 1.25 bits per heavy atom. The van der Waals surface area contributed by atoms with Gasteiger partial charge in [-0.1, -0.05) is 36.8 Å². The average Bonchev–Trinajstić information content (AvgIpc) is 2.29. The first-order valence-electron chi connectivity index (χ1n) is 6.12. The largest absolute Gasteiger partial charge is 0.309 e. The van der Waals surface area contributed by atoms with Crippen molar-refractivity contribution in [3.8, 4) is 0 Å². The predicted octanol–water partition coefficient (Wildman–Crippen LogP) is 2.60. The number of benzene rings is 1. The molecule has 0 aliphatic carbocycles. The Morgan fingerprint density at radius 2 is 1.88 bits per heavy atom. The maximum absolute atomic E-state index is 3.54. The molecule has 90 valence electrons. The van der Waals surface area contributed by atoms with Crippen molar-refractivity contribution >= 4 is 0 Å². The lowest BCUT2D eigenvalue weighted by atomic mass is 10.1. The van der Waals surface area contributed by atoms with Crippen molar-refractivity contribution in [2.75, 3.05) is 26.7 Å². The van der Waals surface area contributed by atoms with Crippen LogP contribution < -0.4 is 5.32 Å². The molecule has 1 N–H and O–H groups in total. The van der Waals surface area contributed by atoms with Crippen molar-refractivity contribution < 1.29 is 0 Å². The van der Waals surface area contributed by atoms with Gasteiger partial charge in [-0.15, -0.1) is 0 Å². The van der Waals surface area contributed by atoms with Crippen LogP contribution in [-0.2, 0) is 0 Å². The SMILES string of the molecule is CCN(C)CCNC(C)c1ccc(C)cc1. The monoisotopic (exact) mass is 220 g/mol. The minimum atomic E-state index is 0.436. The van der Waals surface area contributed by atoms with Crippen LogP contribution >= 0.6 is 0 Å². The van der Waals surface area contributed by atoms with Crippen molar-refractivity contribution in [3.63, 3.8) is 0 Å². The number of nitrogens with one attached hydrogen (secondary N) is 1. The quantitative estimate of drug-likeness (QED) is 0.792. The Hall–Kier alpha value is -0.860. The Morgan fingerprint density at radius 3 is 2.44 bits per heavy atom. The molecule has 1 aromatic carbocycles. The minimum Gasteiger partial charge on any atom is -0.309 e. The van der Waals surface area contributed by atoms with Crippen LogP contribution in [0.15, 0.2) is 24.3 Å². The van der Waals surface area contributed by atoms with Crippen LogP contribution in [0.2, 0.25) is 0 Å². The zero-order chi connectivity index (χ0) is 12.0. The second-order valence-corrected chi connectivity index (χ2v) is 4.48. The first kappa shape index (κ1) is 13.2. The summed E-state index contributed by atoms with van der Waals surface area (Å²) in [5.74, 6) is 0. The Kier molecular flexibility index (Phi) is 5.50. The standard InChI is InChI=1S/C14H24N2/c1-5-16(4)11-10-15-13(3)14-8-6-12(2)7-9-14/h6-9,13,15H,5,10-11H2,1-4H3. The van der Waals surface area contributed by atoms with Gasteiger partial charge in [0.25, 0.3) is 0 Å². The molecule has 0 radical (unpaired) electrons. The molecule has 1 unspecified atom stereocenters. The molecule has 2 nitrogen and oxygen atoms in total. The number of likely N-dealkylation sites (N-methyl/N-ethyl adjacent to an activating group) is 1. The van der Waals surface area contributed by atoms with Crippen LogP contribution in [0.25, 0.3) is 0 Å². The van der Waals surface area contributed by atoms with Crippen molar-refractivity contribution in [3.05, 3.63) is 35.4 Å². The third-order valence-corrected chi connectivity index (χ3v) is 3.06. The number of hydrogen-bond donors (Lipinski definition) is 1. The van der Waals surface area contributed by atoms with Gasteiger partial charge in [0, 0.05) is 19.1 Å². The van der Waals surface area contributed by atoms with E-state index in [4.69, 9.17) is 0 Å². The summed E-state index contributed by atoms with van der Waals surface area (Å²) in [6, 6.07) is 9.19. The lowest BCUT2D eigenvalue weighted by Gasteiger charge is -2.18. The second kappa shape index (κ2) is 6.66. The van der Waals surface area contributed by atoms with E-state index in [1.54, 1.807) is 0 Å². The van der Waals surface area contributed by atoms with Gasteiger partial charge in [0.15, 0.2) is 0 Å². The fraction of sp³-hybridized carbons (Fsp3) is 0.571. The molecule has 0 aromatic heterocycles. The molecular formula is C14H24N2. The molecule has 1 rings (SSSR count). The van der Waals surface area contributed by atoms with Gasteiger partial charge in [-0.05, 0) is 33.0 Å². The van der Waals surface area contributed by atoms with Gasteiger partial charge in [0.1, 0.15) is 0 Å². The first-order valence-corrected chi connectivity index (χ1v) is 6.12. The Labute approximate surface area is 99.7 Å². The number of rotatable bonds is 6. The summed E-state index contributed by atoms with van der Waals surface area (Å²) in [4.78, 5) is 2.31. The second-order valence-electron chi connectivity index (χ2n) is 4.48. The van der Waals surface area contributed by atoms with Crippen LogP contribution in [0.1, 0.15) is 31.0 Å². The van der Waals surface area contributed by atoms with Crippen molar-refractivity contribution in [1.82, 2.24) is 10.2 Å². The van der Waals surface area contributed by atoms with E-state index in [9.17, 15) is 0 Å². The molecule has 0 heterocycles. The van der Waals surface area contributed by atoms with Gasteiger partial charge < -0.3 is 10.2 Å². The minimum absolute atomic E-state index is 0.436. The van der Waals surface area contributed by atoms with Gasteiger partial charge in [0.05, 0.1) is 0 Å². The summed E-state index contributed by atoms with van der Waals surface area (Å²) in [5.41, 5.74) is 2.69. The molecule has 0 aliphatic heterocycles. The van der Waals surface area contributed by atoms with E-state index >= 15 is 0 Å². The van der Waals surface area contributed by atoms with Crippen LogP contribution in [-0.4, -0.2) is 31.6 Å². The molecule has 1 atom stereocenters. The van der Waals surface area contributed by atoms with Gasteiger partial charge in [-0.25, -0.2) is 0 Å². The predicted molar refractivity (Wildman–Crippen MR) is 70.8 cm³/mol. The lowest BCUT2D eigenvalue weighted by molar-refractivity contribution is 0.342. The molecule has 0 amide bonds. The fourth-order valence-corrected chi connectivity index (χ4v) is 1.60. The number of hydrogen-bond acceptors (Lipinski definition) is 2. The van der Waals surface area contributed by atoms with E-state index in [2.05, 4.69) is 62.3 Å². The highest BCUT2D eigenvalue weighted by Crippen LogP contribution is 2.12. The Bertz CT molecular complexity index is 292. The average molecular weight is 220 g/mol. The highest BCUT2D eigenvalue weighted by atomic mass is 15.1. The smallest absolute Gasteiger partial charge is 0.0292 e.